The highest BCUT2D eigenvalue weighted by molar-refractivity contribution is 8.00. The van der Waals surface area contributed by atoms with Crippen LogP contribution in [0.25, 0.3) is 0 Å². The molecular formula is C11H13NO2S. The largest absolute Gasteiger partial charge is 0.494 e. The summed E-state index contributed by atoms with van der Waals surface area (Å²) in [5, 5.41) is 3.01. The highest BCUT2D eigenvalue weighted by Gasteiger charge is 2.22. The molecule has 4 heteroatoms. The Hall–Kier alpha value is -1.16. The second-order valence-corrected chi connectivity index (χ2v) is 4.35. The molecule has 3 nitrogen and oxygen atoms in total. The van der Waals surface area contributed by atoms with Crippen LogP contribution in [-0.4, -0.2) is 18.3 Å². The highest BCUT2D eigenvalue weighted by atomic mass is 32.2. The molecule has 1 heterocycles. The van der Waals surface area contributed by atoms with Gasteiger partial charge in [0.15, 0.2) is 0 Å². The number of nitrogens with one attached hydrogen (secondary N) is 1. The second kappa shape index (κ2) is 4.57. The van der Waals surface area contributed by atoms with Crippen LogP contribution in [0, 0.1) is 0 Å². The minimum Gasteiger partial charge on any atom is -0.494 e. The second-order valence-electron chi connectivity index (χ2n) is 3.26. The first-order valence-electron chi connectivity index (χ1n) is 4.93. The van der Waals surface area contributed by atoms with Crippen molar-refractivity contribution >= 4 is 17.7 Å². The number of benzene rings is 1. The van der Waals surface area contributed by atoms with Gasteiger partial charge in [-0.1, -0.05) is 12.1 Å². The first kappa shape index (κ1) is 10.4. The molecule has 0 bridgehead atoms. The van der Waals surface area contributed by atoms with Gasteiger partial charge in [-0.2, -0.15) is 0 Å². The van der Waals surface area contributed by atoms with Gasteiger partial charge in [-0.3, -0.25) is 4.79 Å². The summed E-state index contributed by atoms with van der Waals surface area (Å²) in [6, 6.07) is 7.86. The van der Waals surface area contributed by atoms with Gasteiger partial charge >= 0.3 is 0 Å². The van der Waals surface area contributed by atoms with Crippen LogP contribution in [0.15, 0.2) is 24.3 Å². The normalized spacial score (nSPS) is 20.1. The topological polar surface area (TPSA) is 38.3 Å². The van der Waals surface area contributed by atoms with Gasteiger partial charge in [-0.05, 0) is 24.6 Å². The zero-order chi connectivity index (χ0) is 10.7. The van der Waals surface area contributed by atoms with Crippen molar-refractivity contribution in [2.75, 3.05) is 12.4 Å². The molecule has 1 aliphatic heterocycles. The minimum absolute atomic E-state index is 0.105. The lowest BCUT2D eigenvalue weighted by Gasteiger charge is -2.10. The van der Waals surface area contributed by atoms with Crippen LogP contribution >= 0.6 is 11.8 Å². The summed E-state index contributed by atoms with van der Waals surface area (Å²) in [6.07, 6.45) is 0. The average Bonchev–Trinajstić information content (AvgIpc) is 2.67. The molecule has 1 amide bonds. The first-order chi connectivity index (χ1) is 7.29. The van der Waals surface area contributed by atoms with Crippen LogP contribution in [-0.2, 0) is 4.79 Å². The van der Waals surface area contributed by atoms with E-state index < -0.39 is 0 Å². The van der Waals surface area contributed by atoms with E-state index in [1.807, 2.05) is 31.2 Å². The fourth-order valence-corrected chi connectivity index (χ4v) is 2.44. The van der Waals surface area contributed by atoms with Crippen molar-refractivity contribution in [3.8, 4) is 5.75 Å². The lowest BCUT2D eigenvalue weighted by atomic mass is 10.2. The minimum atomic E-state index is 0.105. The molecule has 1 N–H and O–H groups in total. The third-order valence-electron chi connectivity index (χ3n) is 2.17. The maximum absolute atomic E-state index is 11.0. The van der Waals surface area contributed by atoms with Crippen LogP contribution in [0.3, 0.4) is 0 Å². The van der Waals surface area contributed by atoms with Crippen LogP contribution in [0.5, 0.6) is 5.75 Å². The Balaban J connectivity index is 2.06. The maximum Gasteiger partial charge on any atom is 0.231 e. The Bertz CT molecular complexity index is 350. The molecule has 80 valence electrons. The molecule has 1 aromatic carbocycles. The fourth-order valence-electron chi connectivity index (χ4n) is 1.47. The van der Waals surface area contributed by atoms with Gasteiger partial charge in [0.05, 0.1) is 12.4 Å². The van der Waals surface area contributed by atoms with Crippen molar-refractivity contribution in [1.82, 2.24) is 5.32 Å². The van der Waals surface area contributed by atoms with E-state index in [2.05, 4.69) is 5.32 Å². The number of hydrogen-bond donors (Lipinski definition) is 1. The molecule has 0 spiro atoms. The molecule has 2 rings (SSSR count). The summed E-state index contributed by atoms with van der Waals surface area (Å²) in [5.74, 6) is 1.53. The average molecular weight is 223 g/mol. The predicted octanol–water partition coefficient (Wildman–Crippen LogP) is 1.95. The molecule has 0 radical (unpaired) electrons. The van der Waals surface area contributed by atoms with E-state index in [1.54, 1.807) is 11.8 Å². The smallest absolute Gasteiger partial charge is 0.231 e. The Morgan fingerprint density at radius 3 is 2.73 bits per heavy atom. The van der Waals surface area contributed by atoms with Crippen molar-refractivity contribution in [2.45, 2.75) is 12.3 Å². The monoisotopic (exact) mass is 223 g/mol. The van der Waals surface area contributed by atoms with Crippen molar-refractivity contribution in [2.24, 2.45) is 0 Å². The standard InChI is InChI=1S/C11H13NO2S/c1-2-14-9-5-3-8(4-6-9)11-12-10(13)7-15-11/h3-6,11H,2,7H2,1H3,(H,12,13)/t11-/m0/s1. The van der Waals surface area contributed by atoms with Gasteiger partial charge in [0, 0.05) is 0 Å². The molecule has 0 aliphatic carbocycles. The van der Waals surface area contributed by atoms with Gasteiger partial charge in [-0.15, -0.1) is 11.8 Å². The number of hydrogen-bond acceptors (Lipinski definition) is 3. The van der Waals surface area contributed by atoms with Crippen LogP contribution in [0.1, 0.15) is 17.9 Å². The predicted molar refractivity (Wildman–Crippen MR) is 61.0 cm³/mol. The first-order valence-corrected chi connectivity index (χ1v) is 5.98. The summed E-state index contributed by atoms with van der Waals surface area (Å²) in [6.45, 7) is 2.63. The Labute approximate surface area is 93.2 Å². The molecule has 0 saturated carbocycles. The summed E-state index contributed by atoms with van der Waals surface area (Å²) in [4.78, 5) is 11.0. The van der Waals surface area contributed by atoms with Gasteiger partial charge in [0.2, 0.25) is 5.91 Å². The number of carbonyl (C=O) groups is 1. The van der Waals surface area contributed by atoms with Gasteiger partial charge < -0.3 is 10.1 Å². The lowest BCUT2D eigenvalue weighted by molar-refractivity contribution is -0.118. The molecule has 0 aromatic heterocycles. The SMILES string of the molecule is CCOc1ccc([C@H]2NC(=O)CS2)cc1. The van der Waals surface area contributed by atoms with E-state index >= 15 is 0 Å². The molecule has 1 aromatic rings. The van der Waals surface area contributed by atoms with Gasteiger partial charge in [0.1, 0.15) is 11.1 Å². The Morgan fingerprint density at radius 1 is 1.47 bits per heavy atom. The van der Waals surface area contributed by atoms with Gasteiger partial charge in [-0.25, -0.2) is 0 Å². The van der Waals surface area contributed by atoms with Gasteiger partial charge in [0.25, 0.3) is 0 Å². The number of ether oxygens (including phenoxy) is 1. The number of rotatable bonds is 3. The van der Waals surface area contributed by atoms with E-state index in [-0.39, 0.29) is 11.3 Å². The molecule has 1 atom stereocenters. The number of carbonyl (C=O) groups excluding carboxylic acids is 1. The number of thioether (sulfide) groups is 1. The summed E-state index contributed by atoms with van der Waals surface area (Å²) in [5.41, 5.74) is 1.12. The highest BCUT2D eigenvalue weighted by Crippen LogP contribution is 2.31. The van der Waals surface area contributed by atoms with Crippen molar-refractivity contribution in [3.05, 3.63) is 29.8 Å². The van der Waals surface area contributed by atoms with E-state index in [9.17, 15) is 4.79 Å². The Kier molecular flexibility index (Phi) is 3.16. The molecule has 15 heavy (non-hydrogen) atoms. The molecule has 1 fully saturated rings. The third kappa shape index (κ3) is 2.45. The third-order valence-corrected chi connectivity index (χ3v) is 3.32. The number of amides is 1. The van der Waals surface area contributed by atoms with E-state index in [4.69, 9.17) is 4.74 Å². The van der Waals surface area contributed by atoms with E-state index in [1.165, 1.54) is 0 Å². The molecule has 1 saturated heterocycles. The summed E-state index contributed by atoms with van der Waals surface area (Å²) in [7, 11) is 0. The maximum atomic E-state index is 11.0. The molecule has 0 unspecified atom stereocenters. The van der Waals surface area contributed by atoms with E-state index in [0.717, 1.165) is 11.3 Å². The van der Waals surface area contributed by atoms with Crippen molar-refractivity contribution < 1.29 is 9.53 Å². The van der Waals surface area contributed by atoms with Crippen LogP contribution in [0.4, 0.5) is 0 Å². The zero-order valence-electron chi connectivity index (χ0n) is 8.53. The zero-order valence-corrected chi connectivity index (χ0v) is 9.34. The molecular weight excluding hydrogens is 210 g/mol. The fraction of sp³-hybridized carbons (Fsp3) is 0.364. The van der Waals surface area contributed by atoms with Crippen LogP contribution in [0.2, 0.25) is 0 Å². The van der Waals surface area contributed by atoms with Crippen LogP contribution < -0.4 is 10.1 Å². The summed E-state index contributed by atoms with van der Waals surface area (Å²) >= 11 is 1.62. The lowest BCUT2D eigenvalue weighted by Crippen LogP contribution is -2.18. The van der Waals surface area contributed by atoms with Crippen molar-refractivity contribution in [1.29, 1.82) is 0 Å². The quantitative estimate of drug-likeness (QED) is 0.851. The van der Waals surface area contributed by atoms with Crippen molar-refractivity contribution in [3.63, 3.8) is 0 Å². The summed E-state index contributed by atoms with van der Waals surface area (Å²) < 4.78 is 5.35. The van der Waals surface area contributed by atoms with E-state index in [0.29, 0.717) is 12.4 Å². The Morgan fingerprint density at radius 2 is 2.20 bits per heavy atom. The molecule has 1 aliphatic rings.